The zero-order valence-electron chi connectivity index (χ0n) is 44.7. The highest BCUT2D eigenvalue weighted by atomic mass is 16.6. The van der Waals surface area contributed by atoms with E-state index in [-0.39, 0.29) is 24.3 Å². The average molecular weight is 1020 g/mol. The van der Waals surface area contributed by atoms with Crippen LogP contribution < -0.4 is 35.1 Å². The van der Waals surface area contributed by atoms with Crippen LogP contribution in [0.2, 0.25) is 0 Å². The minimum atomic E-state index is -0.750. The van der Waals surface area contributed by atoms with E-state index in [0.717, 1.165) is 66.4 Å². The molecule has 0 radical (unpaired) electrons. The van der Waals surface area contributed by atoms with Crippen molar-refractivity contribution in [3.8, 4) is 17.2 Å². The molecular weight excluding hydrogens is 941 g/mol. The highest BCUT2D eigenvalue weighted by Gasteiger charge is 2.26. The van der Waals surface area contributed by atoms with Gasteiger partial charge in [-0.2, -0.15) is 0 Å². The van der Waals surface area contributed by atoms with Crippen molar-refractivity contribution in [2.45, 2.75) is 92.6 Å². The number of amides is 2. The van der Waals surface area contributed by atoms with Gasteiger partial charge in [-0.25, -0.2) is 14.8 Å². The van der Waals surface area contributed by atoms with Gasteiger partial charge in [0.2, 0.25) is 5.91 Å². The van der Waals surface area contributed by atoms with Gasteiger partial charge in [-0.1, -0.05) is 67.9 Å². The third kappa shape index (κ3) is 18.2. The minimum absolute atomic E-state index is 0.158. The maximum atomic E-state index is 13.5. The van der Waals surface area contributed by atoms with Crippen molar-refractivity contribution in [2.75, 3.05) is 83.5 Å². The molecule has 1 aromatic heterocycles. The summed E-state index contributed by atoms with van der Waals surface area (Å²) in [7, 11) is 3.24. The topological polar surface area (TPSA) is 178 Å². The second-order valence-electron chi connectivity index (χ2n) is 19.8. The summed E-state index contributed by atoms with van der Waals surface area (Å²) in [5, 5.41) is 9.31. The van der Waals surface area contributed by atoms with Crippen LogP contribution in [0, 0.1) is 12.8 Å². The van der Waals surface area contributed by atoms with Crippen molar-refractivity contribution in [1.29, 1.82) is 0 Å². The van der Waals surface area contributed by atoms with Crippen molar-refractivity contribution in [3.63, 3.8) is 0 Å². The molecule has 1 fully saturated rings. The fourth-order valence-corrected chi connectivity index (χ4v) is 8.45. The van der Waals surface area contributed by atoms with Crippen molar-refractivity contribution in [3.05, 3.63) is 125 Å². The van der Waals surface area contributed by atoms with Gasteiger partial charge in [-0.3, -0.25) is 19.4 Å². The number of methoxy groups -OCH3 is 2. The summed E-state index contributed by atoms with van der Waals surface area (Å²) in [5.41, 5.74) is 6.16. The highest BCUT2D eigenvalue weighted by Crippen LogP contribution is 2.38. The predicted molar refractivity (Wildman–Crippen MR) is 288 cm³/mol. The Hall–Kier alpha value is -6.95. The molecule has 1 aliphatic rings. The number of benzene rings is 4. The first-order chi connectivity index (χ1) is 35.6. The number of rotatable bonds is 26. The number of aromatic nitrogens is 2. The molecule has 0 unspecified atom stereocenters. The van der Waals surface area contributed by atoms with Gasteiger partial charge in [0, 0.05) is 68.8 Å². The number of hydrogen-bond donors (Lipinski definition) is 3. The van der Waals surface area contributed by atoms with Gasteiger partial charge in [-0.15, -0.1) is 0 Å². The second-order valence-corrected chi connectivity index (χ2v) is 19.8. The summed E-state index contributed by atoms with van der Waals surface area (Å²) in [6.07, 6.45) is 1.87. The molecule has 74 heavy (non-hydrogen) atoms. The van der Waals surface area contributed by atoms with Crippen LogP contribution in [0.4, 0.5) is 27.8 Å². The van der Waals surface area contributed by atoms with E-state index in [4.69, 9.17) is 33.4 Å². The van der Waals surface area contributed by atoms with E-state index in [1.807, 2.05) is 69.3 Å². The predicted octanol–water partition coefficient (Wildman–Crippen LogP) is 8.76. The Labute approximate surface area is 437 Å². The molecule has 0 aliphatic carbocycles. The van der Waals surface area contributed by atoms with Crippen molar-refractivity contribution in [1.82, 2.24) is 30.4 Å². The van der Waals surface area contributed by atoms with Crippen LogP contribution in [0.3, 0.4) is 0 Å². The molecule has 2 heterocycles. The van der Waals surface area contributed by atoms with Crippen LogP contribution in [0.5, 0.6) is 17.2 Å². The number of carbonyl (C=O) groups is 3. The van der Waals surface area contributed by atoms with Crippen LogP contribution in [0.25, 0.3) is 0 Å². The molecule has 5 aromatic rings. The van der Waals surface area contributed by atoms with E-state index in [1.54, 1.807) is 35.0 Å². The molecule has 4 aromatic carbocycles. The Balaban J connectivity index is 1.21. The van der Waals surface area contributed by atoms with Crippen LogP contribution >= 0.6 is 0 Å². The van der Waals surface area contributed by atoms with E-state index in [1.165, 1.54) is 11.9 Å². The Kier molecular flexibility index (Phi) is 21.3. The zero-order valence-corrected chi connectivity index (χ0v) is 44.7. The maximum absolute atomic E-state index is 13.5. The molecule has 17 nitrogen and oxygen atoms in total. The summed E-state index contributed by atoms with van der Waals surface area (Å²) in [6, 6.07) is 29.5. The monoisotopic (exact) mass is 1020 g/mol. The molecule has 0 spiro atoms. The number of carbonyl (C=O) groups excluding carboxylic acids is 3. The van der Waals surface area contributed by atoms with Crippen LogP contribution in [0.15, 0.2) is 97.3 Å². The second kappa shape index (κ2) is 27.9. The molecule has 1 atom stereocenters. The minimum Gasteiger partial charge on any atom is -0.496 e. The van der Waals surface area contributed by atoms with E-state index < -0.39 is 17.7 Å². The fourth-order valence-electron chi connectivity index (χ4n) is 8.45. The quantitative estimate of drug-likeness (QED) is 0.0354. The lowest BCUT2D eigenvalue weighted by Gasteiger charge is -2.34. The van der Waals surface area contributed by atoms with Gasteiger partial charge >= 0.3 is 12.1 Å². The molecule has 398 valence electrons. The molecule has 1 aliphatic heterocycles. The van der Waals surface area contributed by atoms with Crippen LogP contribution in [-0.2, 0) is 49.9 Å². The number of alkyl carbamates (subject to hydrolysis) is 1. The number of anilines is 4. The molecule has 1 saturated heterocycles. The van der Waals surface area contributed by atoms with Gasteiger partial charge in [0.15, 0.2) is 0 Å². The Morgan fingerprint density at radius 1 is 0.811 bits per heavy atom. The molecular formula is C57H76N8O9. The third-order valence-corrected chi connectivity index (χ3v) is 12.1. The van der Waals surface area contributed by atoms with Crippen LogP contribution in [-0.4, -0.2) is 123 Å². The summed E-state index contributed by atoms with van der Waals surface area (Å²) >= 11 is 0. The number of aryl methyl sites for hydroxylation is 1. The summed E-state index contributed by atoms with van der Waals surface area (Å²) in [4.78, 5) is 54.3. The Morgan fingerprint density at radius 3 is 2.20 bits per heavy atom. The first-order valence-corrected chi connectivity index (χ1v) is 25.5. The Morgan fingerprint density at radius 2 is 1.51 bits per heavy atom. The maximum Gasteiger partial charge on any atom is 0.408 e. The first-order valence-electron chi connectivity index (χ1n) is 25.5. The standard InChI is InChI=1S/C57H76N8O9/c1-10-72-54(66)37-64-25-23-63(24-26-64)35-44-14-11-15-45(30-44)61-52-34-53(60-39-59-52)65(36-48-50(69-8)32-47(33-51(48)70-9)73-28-27-71-38-43-19-17-41(4)18-20-43)46-16-12-13-42(31-46)21-22-58-55(67)49(29-40(2)3)62-56(68)74-57(5,6)7/h11-20,30-34,39-40,49H,10,21-29,35-38H2,1-9H3,(H,58,67)(H,62,68)(H,59,60,61)/t49-/m1/s1. The lowest BCUT2D eigenvalue weighted by atomic mass is 10.0. The zero-order chi connectivity index (χ0) is 53.0. The highest BCUT2D eigenvalue weighted by molar-refractivity contribution is 5.85. The van der Waals surface area contributed by atoms with Crippen molar-refractivity contribution < 1.29 is 42.8 Å². The lowest BCUT2D eigenvalue weighted by Crippen LogP contribution is -2.49. The van der Waals surface area contributed by atoms with E-state index in [2.05, 4.69) is 85.0 Å². The molecule has 0 saturated carbocycles. The summed E-state index contributed by atoms with van der Waals surface area (Å²) in [6.45, 7) is 19.8. The van der Waals surface area contributed by atoms with E-state index in [0.29, 0.717) is 81.2 Å². The Bertz CT molecular complexity index is 2560. The van der Waals surface area contributed by atoms with E-state index >= 15 is 0 Å². The number of nitrogens with one attached hydrogen (secondary N) is 3. The number of nitrogens with zero attached hydrogens (tertiary/aromatic N) is 5. The average Bonchev–Trinajstić information content (AvgIpc) is 3.36. The van der Waals surface area contributed by atoms with Gasteiger partial charge in [0.25, 0.3) is 0 Å². The first kappa shape index (κ1) is 56.3. The molecule has 2 amide bonds. The van der Waals surface area contributed by atoms with Crippen molar-refractivity contribution in [2.24, 2.45) is 5.92 Å². The number of ether oxygens (including phenoxy) is 6. The number of hydrogen-bond acceptors (Lipinski definition) is 15. The number of esters is 1. The summed E-state index contributed by atoms with van der Waals surface area (Å²) in [5.74, 6) is 2.58. The molecule has 0 bridgehead atoms. The van der Waals surface area contributed by atoms with Gasteiger partial charge < -0.3 is 49.3 Å². The van der Waals surface area contributed by atoms with Crippen LogP contribution in [0.1, 0.15) is 75.8 Å². The summed E-state index contributed by atoms with van der Waals surface area (Å²) < 4.78 is 34.7. The van der Waals surface area contributed by atoms with E-state index in [9.17, 15) is 14.4 Å². The molecule has 17 heteroatoms. The number of piperazine rings is 1. The smallest absolute Gasteiger partial charge is 0.408 e. The fraction of sp³-hybridized carbons (Fsp3) is 0.456. The third-order valence-electron chi connectivity index (χ3n) is 12.1. The molecule has 6 rings (SSSR count). The SMILES string of the molecule is CCOC(=O)CN1CCN(Cc2cccc(Nc3cc(N(Cc4c(OC)cc(OCCOCc5ccc(C)cc5)cc4OC)c4cccc(CCNC(=O)[C@@H](CC(C)C)NC(=O)OC(C)(C)C)c4)ncn3)c2)CC1. The largest absolute Gasteiger partial charge is 0.496 e. The van der Waals surface area contributed by atoms with Gasteiger partial charge in [0.1, 0.15) is 53.5 Å². The van der Waals surface area contributed by atoms with Gasteiger partial charge in [0.05, 0.1) is 52.7 Å². The lowest BCUT2D eigenvalue weighted by molar-refractivity contribution is -0.144. The van der Waals surface area contributed by atoms with Crippen molar-refractivity contribution >= 4 is 41.0 Å². The molecule has 3 N–H and O–H groups in total. The normalized spacial score (nSPS) is 13.4. The van der Waals surface area contributed by atoms with Gasteiger partial charge in [-0.05, 0) is 94.3 Å².